The summed E-state index contributed by atoms with van der Waals surface area (Å²) < 4.78 is 5.45. The van der Waals surface area contributed by atoms with Crippen LogP contribution in [0.25, 0.3) is 0 Å². The fourth-order valence-corrected chi connectivity index (χ4v) is 2.81. The van der Waals surface area contributed by atoms with Gasteiger partial charge in [0.2, 0.25) is 5.91 Å². The number of likely N-dealkylation sites (tertiary alicyclic amines) is 1. The van der Waals surface area contributed by atoms with Crippen LogP contribution in [0.4, 0.5) is 0 Å². The molecule has 5 heteroatoms. The predicted octanol–water partition coefficient (Wildman–Crippen LogP) is -0.128. The van der Waals surface area contributed by atoms with Crippen LogP contribution in [0.1, 0.15) is 12.8 Å². The number of nitrogens with zero attached hydrogens (tertiary/aromatic N) is 1. The molecule has 1 heterocycles. The number of carbonyl (C=O) groups excluding carboxylic acids is 1. The molecule has 2 fully saturated rings. The van der Waals surface area contributed by atoms with E-state index in [4.69, 9.17) is 9.84 Å². The number of thiol groups is 1. The summed E-state index contributed by atoms with van der Waals surface area (Å²) in [4.78, 5) is 13.1. The Hall–Kier alpha value is -0.260. The molecule has 0 aromatic rings. The van der Waals surface area contributed by atoms with Gasteiger partial charge in [0.15, 0.2) is 0 Å². The normalized spacial score (nSPS) is 35.3. The van der Waals surface area contributed by atoms with Crippen molar-refractivity contribution in [3.8, 4) is 0 Å². The van der Waals surface area contributed by atoms with Gasteiger partial charge < -0.3 is 14.7 Å². The van der Waals surface area contributed by atoms with E-state index in [2.05, 4.69) is 12.6 Å². The molecule has 1 saturated carbocycles. The van der Waals surface area contributed by atoms with E-state index in [9.17, 15) is 4.79 Å². The lowest BCUT2D eigenvalue weighted by atomic mass is 10.1. The van der Waals surface area contributed by atoms with Gasteiger partial charge in [-0.1, -0.05) is 0 Å². The summed E-state index contributed by atoms with van der Waals surface area (Å²) in [6, 6.07) is 0.173. The number of piperidine rings is 1. The minimum Gasteiger partial charge on any atom is -0.387 e. The summed E-state index contributed by atoms with van der Waals surface area (Å²) in [5.74, 6) is 0.778. The molecule has 0 aromatic heterocycles. The largest absolute Gasteiger partial charge is 0.387 e. The number of hydrogen-bond donors (Lipinski definition) is 2. The molecule has 14 heavy (non-hydrogen) atoms. The van der Waals surface area contributed by atoms with Crippen molar-refractivity contribution in [2.45, 2.75) is 25.0 Å². The molecule has 2 bridgehead atoms. The average molecular weight is 217 g/mol. The molecule has 1 aliphatic carbocycles. The lowest BCUT2D eigenvalue weighted by Gasteiger charge is -2.32. The lowest BCUT2D eigenvalue weighted by Crippen LogP contribution is -2.46. The van der Waals surface area contributed by atoms with Crippen LogP contribution in [0.3, 0.4) is 0 Å². The molecular weight excluding hydrogens is 202 g/mol. The van der Waals surface area contributed by atoms with Crippen molar-refractivity contribution >= 4 is 18.5 Å². The fourth-order valence-electron chi connectivity index (χ4n) is 2.62. The summed E-state index contributed by atoms with van der Waals surface area (Å²) in [6.45, 7) is 0.396. The Morgan fingerprint density at radius 2 is 2.36 bits per heavy atom. The minimum absolute atomic E-state index is 0.127. The van der Waals surface area contributed by atoms with Gasteiger partial charge in [-0.25, -0.2) is 0 Å². The summed E-state index contributed by atoms with van der Waals surface area (Å²) in [5.41, 5.74) is 0. The van der Waals surface area contributed by atoms with Crippen LogP contribution >= 0.6 is 12.6 Å². The second-order valence-electron chi connectivity index (χ2n) is 3.94. The van der Waals surface area contributed by atoms with Gasteiger partial charge in [-0.05, 0) is 18.8 Å². The smallest absolute Gasteiger partial charge is 0.248 e. The molecule has 1 N–H and O–H groups in total. The van der Waals surface area contributed by atoms with Crippen LogP contribution in [0.2, 0.25) is 0 Å². The van der Waals surface area contributed by atoms with Crippen LogP contribution < -0.4 is 0 Å². The van der Waals surface area contributed by atoms with Gasteiger partial charge in [-0.3, -0.25) is 4.79 Å². The van der Waals surface area contributed by atoms with Gasteiger partial charge in [-0.15, -0.1) is 0 Å². The molecular formula is C9H15NO3S. The number of amides is 1. The van der Waals surface area contributed by atoms with Crippen LogP contribution in [-0.4, -0.2) is 47.1 Å². The first-order valence-electron chi connectivity index (χ1n) is 4.89. The molecule has 0 spiro atoms. The summed E-state index contributed by atoms with van der Waals surface area (Å²) >= 11 is 4.02. The zero-order chi connectivity index (χ0) is 10.1. The Morgan fingerprint density at radius 1 is 1.57 bits per heavy atom. The molecule has 1 aliphatic heterocycles. The molecule has 2 rings (SSSR count). The third-order valence-corrected chi connectivity index (χ3v) is 3.32. The zero-order valence-corrected chi connectivity index (χ0v) is 8.82. The van der Waals surface area contributed by atoms with Gasteiger partial charge in [0.1, 0.15) is 6.61 Å². The maximum Gasteiger partial charge on any atom is 0.248 e. The van der Waals surface area contributed by atoms with Crippen molar-refractivity contribution < 1.29 is 14.6 Å². The first-order chi connectivity index (χ1) is 6.76. The maximum absolute atomic E-state index is 11.4. The first-order valence-corrected chi connectivity index (χ1v) is 5.52. The zero-order valence-electron chi connectivity index (χ0n) is 7.93. The molecule has 1 saturated heterocycles. The Morgan fingerprint density at radius 3 is 2.93 bits per heavy atom. The Kier molecular flexibility index (Phi) is 2.99. The summed E-state index contributed by atoms with van der Waals surface area (Å²) in [5, 5.41) is 8.79. The van der Waals surface area contributed by atoms with E-state index in [1.165, 1.54) is 0 Å². The maximum atomic E-state index is 11.4. The SMILES string of the molecule is O=C(CO)N1CC2CC(OCS)C1C2. The van der Waals surface area contributed by atoms with Crippen molar-refractivity contribution in [1.82, 2.24) is 4.90 Å². The third-order valence-electron chi connectivity index (χ3n) is 3.17. The highest BCUT2D eigenvalue weighted by molar-refractivity contribution is 7.80. The number of hydrogen-bond acceptors (Lipinski definition) is 4. The van der Waals surface area contributed by atoms with E-state index in [1.807, 2.05) is 0 Å². The van der Waals surface area contributed by atoms with E-state index >= 15 is 0 Å². The average Bonchev–Trinajstić information content (AvgIpc) is 2.76. The second kappa shape index (κ2) is 4.08. The van der Waals surface area contributed by atoms with E-state index in [0.29, 0.717) is 11.9 Å². The fraction of sp³-hybridized carbons (Fsp3) is 0.889. The second-order valence-corrected chi connectivity index (χ2v) is 4.20. The lowest BCUT2D eigenvalue weighted by molar-refractivity contribution is -0.139. The van der Waals surface area contributed by atoms with Gasteiger partial charge in [0.05, 0.1) is 18.1 Å². The molecule has 3 unspecified atom stereocenters. The van der Waals surface area contributed by atoms with Gasteiger partial charge in [-0.2, -0.15) is 12.6 Å². The highest BCUT2D eigenvalue weighted by Gasteiger charge is 2.46. The van der Waals surface area contributed by atoms with Crippen molar-refractivity contribution in [3.05, 3.63) is 0 Å². The van der Waals surface area contributed by atoms with Crippen LogP contribution in [-0.2, 0) is 9.53 Å². The van der Waals surface area contributed by atoms with E-state index < -0.39 is 6.61 Å². The van der Waals surface area contributed by atoms with Crippen LogP contribution in [0.15, 0.2) is 0 Å². The standard InChI is InChI=1S/C9H15NO3S/c11-4-9(12)10-3-6-1-7(10)8(2-6)13-5-14/h6-8,11,14H,1-5H2. The van der Waals surface area contributed by atoms with Crippen LogP contribution in [0.5, 0.6) is 0 Å². The Labute approximate surface area is 88.6 Å². The Bertz CT molecular complexity index is 236. The number of ether oxygens (including phenoxy) is 1. The topological polar surface area (TPSA) is 49.8 Å². The molecule has 1 amide bonds. The van der Waals surface area contributed by atoms with Crippen molar-refractivity contribution in [1.29, 1.82) is 0 Å². The molecule has 2 aliphatic rings. The van der Waals surface area contributed by atoms with E-state index in [0.717, 1.165) is 19.4 Å². The third kappa shape index (κ3) is 1.64. The van der Waals surface area contributed by atoms with E-state index in [1.54, 1.807) is 4.90 Å². The van der Waals surface area contributed by atoms with Gasteiger partial charge >= 0.3 is 0 Å². The number of rotatable bonds is 3. The van der Waals surface area contributed by atoms with Crippen LogP contribution in [0, 0.1) is 5.92 Å². The summed E-state index contributed by atoms with van der Waals surface area (Å²) in [7, 11) is 0. The molecule has 0 aromatic carbocycles. The van der Waals surface area contributed by atoms with Gasteiger partial charge in [0, 0.05) is 6.54 Å². The van der Waals surface area contributed by atoms with Gasteiger partial charge in [0.25, 0.3) is 0 Å². The van der Waals surface area contributed by atoms with Crippen molar-refractivity contribution in [2.24, 2.45) is 5.92 Å². The first kappa shape index (κ1) is 10.3. The highest BCUT2D eigenvalue weighted by atomic mass is 32.1. The number of carbonyl (C=O) groups is 1. The van der Waals surface area contributed by atoms with E-state index in [-0.39, 0.29) is 18.1 Å². The highest BCUT2D eigenvalue weighted by Crippen LogP contribution is 2.39. The van der Waals surface area contributed by atoms with Crippen molar-refractivity contribution in [2.75, 3.05) is 19.1 Å². The number of fused-ring (bicyclic) bond motifs is 2. The minimum atomic E-state index is -0.392. The number of aliphatic hydroxyl groups is 1. The monoisotopic (exact) mass is 217 g/mol. The number of aliphatic hydroxyl groups excluding tert-OH is 1. The van der Waals surface area contributed by atoms with Crippen molar-refractivity contribution in [3.63, 3.8) is 0 Å². The predicted molar refractivity (Wildman–Crippen MR) is 54.0 cm³/mol. The molecule has 4 nitrogen and oxygen atoms in total. The molecule has 0 radical (unpaired) electrons. The molecule has 80 valence electrons. The Balaban J connectivity index is 2.00. The quantitative estimate of drug-likeness (QED) is 0.511. The summed E-state index contributed by atoms with van der Waals surface area (Å²) in [6.07, 6.45) is 2.17. The molecule has 3 atom stereocenters.